The van der Waals surface area contributed by atoms with Crippen molar-refractivity contribution in [3.05, 3.63) is 35.8 Å². The number of nitrogens with zero attached hydrogens (tertiary/aromatic N) is 5. The van der Waals surface area contributed by atoms with Crippen LogP contribution in [0.25, 0.3) is 0 Å². The van der Waals surface area contributed by atoms with Crippen LogP contribution in [-0.4, -0.2) is 48.1 Å². The number of hydrogen-bond acceptors (Lipinski definition) is 5. The first-order valence-electron chi connectivity index (χ1n) is 7.96. The van der Waals surface area contributed by atoms with E-state index in [0.29, 0.717) is 17.1 Å². The van der Waals surface area contributed by atoms with Gasteiger partial charge in [-0.3, -0.25) is 4.68 Å². The Morgan fingerprint density at radius 3 is 2.71 bits per heavy atom. The molecule has 0 bridgehead atoms. The number of hydrogen-bond donors (Lipinski definition) is 0. The molecule has 7 nitrogen and oxygen atoms in total. The minimum absolute atomic E-state index is 0.156. The monoisotopic (exact) mass is 349 g/mol. The van der Waals surface area contributed by atoms with Crippen LogP contribution in [0, 0.1) is 6.92 Å². The highest BCUT2D eigenvalue weighted by Gasteiger charge is 2.37. The average Bonchev–Trinajstić information content (AvgIpc) is 3.14. The molecule has 1 aliphatic heterocycles. The van der Waals surface area contributed by atoms with Crippen LogP contribution in [0.5, 0.6) is 0 Å². The third-order valence-corrected chi connectivity index (χ3v) is 6.38. The van der Waals surface area contributed by atoms with Crippen molar-refractivity contribution in [2.75, 3.05) is 25.5 Å². The van der Waals surface area contributed by atoms with Gasteiger partial charge < -0.3 is 4.90 Å². The van der Waals surface area contributed by atoms with Crippen LogP contribution in [0.15, 0.2) is 29.4 Å². The van der Waals surface area contributed by atoms with Crippen molar-refractivity contribution < 1.29 is 8.42 Å². The third-order valence-electron chi connectivity index (χ3n) is 4.37. The number of rotatable bonds is 4. The molecule has 0 aromatic carbocycles. The van der Waals surface area contributed by atoms with E-state index >= 15 is 0 Å². The van der Waals surface area contributed by atoms with Gasteiger partial charge in [-0.05, 0) is 37.5 Å². The molecule has 0 radical (unpaired) electrons. The smallest absolute Gasteiger partial charge is 0.247 e. The van der Waals surface area contributed by atoms with Gasteiger partial charge in [0.05, 0.1) is 11.7 Å². The lowest BCUT2D eigenvalue weighted by Crippen LogP contribution is -2.31. The van der Waals surface area contributed by atoms with E-state index in [4.69, 9.17) is 0 Å². The molecule has 1 aliphatic rings. The second kappa shape index (κ2) is 6.18. The molecule has 1 fully saturated rings. The molecular formula is C16H23N5O2S. The molecular weight excluding hydrogens is 326 g/mol. The van der Waals surface area contributed by atoms with Gasteiger partial charge in [0.2, 0.25) is 10.0 Å². The van der Waals surface area contributed by atoms with E-state index in [2.05, 4.69) is 10.1 Å². The molecule has 0 amide bonds. The Labute approximate surface area is 143 Å². The van der Waals surface area contributed by atoms with Gasteiger partial charge in [-0.2, -0.15) is 9.40 Å². The van der Waals surface area contributed by atoms with Gasteiger partial charge in [0.15, 0.2) is 0 Å². The highest BCUT2D eigenvalue weighted by Crippen LogP contribution is 2.37. The quantitative estimate of drug-likeness (QED) is 0.840. The van der Waals surface area contributed by atoms with Gasteiger partial charge in [-0.25, -0.2) is 13.4 Å². The van der Waals surface area contributed by atoms with Crippen molar-refractivity contribution in [2.45, 2.75) is 30.7 Å². The number of pyridine rings is 1. The molecule has 0 saturated carbocycles. The number of anilines is 1. The molecule has 2 aromatic rings. The molecule has 1 atom stereocenters. The maximum atomic E-state index is 13.1. The molecule has 0 N–H and O–H groups in total. The van der Waals surface area contributed by atoms with E-state index in [9.17, 15) is 8.42 Å². The second-order valence-electron chi connectivity index (χ2n) is 6.37. The zero-order valence-corrected chi connectivity index (χ0v) is 15.3. The summed E-state index contributed by atoms with van der Waals surface area (Å²) >= 11 is 0. The van der Waals surface area contributed by atoms with Gasteiger partial charge in [0.25, 0.3) is 0 Å². The molecule has 0 spiro atoms. The fourth-order valence-corrected chi connectivity index (χ4v) is 5.09. The van der Waals surface area contributed by atoms with Crippen LogP contribution >= 0.6 is 0 Å². The van der Waals surface area contributed by atoms with Crippen molar-refractivity contribution in [1.29, 1.82) is 0 Å². The summed E-state index contributed by atoms with van der Waals surface area (Å²) in [7, 11) is 2.02. The average molecular weight is 349 g/mol. The van der Waals surface area contributed by atoms with Crippen LogP contribution in [0.1, 0.15) is 30.1 Å². The Balaban J connectivity index is 1.99. The summed E-state index contributed by atoms with van der Waals surface area (Å²) in [6, 6.07) is 3.72. The van der Waals surface area contributed by atoms with Gasteiger partial charge in [-0.1, -0.05) is 0 Å². The van der Waals surface area contributed by atoms with Gasteiger partial charge in [-0.15, -0.1) is 0 Å². The second-order valence-corrected chi connectivity index (χ2v) is 8.23. The fraction of sp³-hybridized carbons (Fsp3) is 0.500. The van der Waals surface area contributed by atoms with Crippen molar-refractivity contribution in [2.24, 2.45) is 7.05 Å². The molecule has 24 heavy (non-hydrogen) atoms. The predicted molar refractivity (Wildman–Crippen MR) is 92.4 cm³/mol. The molecule has 1 saturated heterocycles. The molecule has 3 rings (SSSR count). The summed E-state index contributed by atoms with van der Waals surface area (Å²) in [6.45, 7) is 2.26. The van der Waals surface area contributed by atoms with E-state index in [1.807, 2.05) is 31.1 Å². The van der Waals surface area contributed by atoms with Crippen LogP contribution in [0.3, 0.4) is 0 Å². The zero-order valence-electron chi connectivity index (χ0n) is 14.5. The lowest BCUT2D eigenvalue weighted by atomic mass is 10.1. The van der Waals surface area contributed by atoms with E-state index in [-0.39, 0.29) is 6.04 Å². The normalized spacial score (nSPS) is 18.9. The maximum absolute atomic E-state index is 13.1. The summed E-state index contributed by atoms with van der Waals surface area (Å²) in [6.07, 6.45) is 4.99. The largest absolute Gasteiger partial charge is 0.363 e. The minimum atomic E-state index is -3.56. The summed E-state index contributed by atoms with van der Waals surface area (Å²) in [5.41, 5.74) is 1.52. The minimum Gasteiger partial charge on any atom is -0.363 e. The van der Waals surface area contributed by atoms with Gasteiger partial charge >= 0.3 is 0 Å². The first-order chi connectivity index (χ1) is 11.3. The van der Waals surface area contributed by atoms with Crippen molar-refractivity contribution >= 4 is 15.8 Å². The van der Waals surface area contributed by atoms with Crippen molar-refractivity contribution in [1.82, 2.24) is 19.1 Å². The van der Waals surface area contributed by atoms with Crippen molar-refractivity contribution in [3.63, 3.8) is 0 Å². The first kappa shape index (κ1) is 16.9. The van der Waals surface area contributed by atoms with E-state index in [0.717, 1.165) is 24.2 Å². The first-order valence-corrected chi connectivity index (χ1v) is 9.40. The van der Waals surface area contributed by atoms with Crippen LogP contribution in [0.4, 0.5) is 5.82 Å². The number of aryl methyl sites for hydroxylation is 2. The van der Waals surface area contributed by atoms with Gasteiger partial charge in [0, 0.05) is 40.1 Å². The molecule has 0 unspecified atom stereocenters. The standard InChI is InChI=1S/C16H23N5O2S/c1-12-15(11-20(4)18-12)24(22,23)21-9-5-6-14(21)13-7-8-17-16(10-13)19(2)3/h7-8,10-11,14H,5-6,9H2,1-4H3/t14-/m0/s1. The van der Waals surface area contributed by atoms with Gasteiger partial charge in [0.1, 0.15) is 10.7 Å². The summed E-state index contributed by atoms with van der Waals surface area (Å²) in [4.78, 5) is 6.53. The highest BCUT2D eigenvalue weighted by molar-refractivity contribution is 7.89. The molecule has 0 aliphatic carbocycles. The summed E-state index contributed by atoms with van der Waals surface area (Å²) in [5.74, 6) is 0.828. The number of sulfonamides is 1. The Morgan fingerprint density at radius 2 is 2.08 bits per heavy atom. The SMILES string of the molecule is Cc1nn(C)cc1S(=O)(=O)N1CCC[C@H]1c1ccnc(N(C)C)c1. The van der Waals surface area contributed by atoms with E-state index < -0.39 is 10.0 Å². The topological polar surface area (TPSA) is 71.3 Å². The van der Waals surface area contributed by atoms with Crippen LogP contribution < -0.4 is 4.90 Å². The summed E-state index contributed by atoms with van der Waals surface area (Å²) in [5, 5.41) is 4.18. The maximum Gasteiger partial charge on any atom is 0.247 e. The Hall–Kier alpha value is -1.93. The molecule has 2 aromatic heterocycles. The highest BCUT2D eigenvalue weighted by atomic mass is 32.2. The lowest BCUT2D eigenvalue weighted by Gasteiger charge is -2.25. The Kier molecular flexibility index (Phi) is 4.35. The summed E-state index contributed by atoms with van der Waals surface area (Å²) < 4.78 is 29.4. The lowest BCUT2D eigenvalue weighted by molar-refractivity contribution is 0.396. The van der Waals surface area contributed by atoms with Crippen LogP contribution in [-0.2, 0) is 17.1 Å². The van der Waals surface area contributed by atoms with E-state index in [1.54, 1.807) is 35.4 Å². The number of aromatic nitrogens is 3. The fourth-order valence-electron chi connectivity index (χ4n) is 3.20. The van der Waals surface area contributed by atoms with Crippen LogP contribution in [0.2, 0.25) is 0 Å². The Morgan fingerprint density at radius 1 is 1.33 bits per heavy atom. The molecule has 3 heterocycles. The van der Waals surface area contributed by atoms with Crippen molar-refractivity contribution in [3.8, 4) is 0 Å². The molecule has 130 valence electrons. The van der Waals surface area contributed by atoms with E-state index in [1.165, 1.54) is 0 Å². The third kappa shape index (κ3) is 2.91. The predicted octanol–water partition coefficient (Wildman–Crippen LogP) is 1.72. The Bertz CT molecular complexity index is 844. The molecule has 8 heteroatoms. The zero-order chi connectivity index (χ0) is 17.5.